The lowest BCUT2D eigenvalue weighted by molar-refractivity contribution is -0.286. The first-order valence-electron chi connectivity index (χ1n) is 8.04. The summed E-state index contributed by atoms with van der Waals surface area (Å²) in [5, 5.41) is 5.02. The van der Waals surface area contributed by atoms with Gasteiger partial charge in [-0.3, -0.25) is 4.90 Å². The molecule has 2 aliphatic heterocycles. The number of ether oxygens (including phenoxy) is 2. The van der Waals surface area contributed by atoms with E-state index < -0.39 is 16.3 Å². The van der Waals surface area contributed by atoms with Crippen LogP contribution in [0.3, 0.4) is 0 Å². The second kappa shape index (κ2) is 7.02. The lowest BCUT2D eigenvalue weighted by Crippen LogP contribution is -2.48. The molecule has 10 heteroatoms. The summed E-state index contributed by atoms with van der Waals surface area (Å²) in [4.78, 5) is 4.33. The molecule has 3 rings (SSSR count). The Labute approximate surface area is 145 Å². The Hall–Kier alpha value is -1.49. The van der Waals surface area contributed by atoms with E-state index in [2.05, 4.69) is 19.3 Å². The van der Waals surface area contributed by atoms with Crippen LogP contribution in [0.2, 0.25) is 0 Å². The third-order valence-electron chi connectivity index (χ3n) is 4.34. The van der Waals surface area contributed by atoms with Crippen LogP contribution in [0.5, 0.6) is 11.5 Å². The summed E-state index contributed by atoms with van der Waals surface area (Å²) in [7, 11) is -3.43. The maximum absolute atomic E-state index is 13.0. The van der Waals surface area contributed by atoms with Gasteiger partial charge >= 0.3 is 6.29 Å². The molecule has 7 nitrogen and oxygen atoms in total. The highest BCUT2D eigenvalue weighted by Crippen LogP contribution is 2.41. The van der Waals surface area contributed by atoms with Crippen molar-refractivity contribution in [3.63, 3.8) is 0 Å². The molecule has 1 fully saturated rings. The van der Waals surface area contributed by atoms with Crippen LogP contribution < -0.4 is 14.6 Å². The van der Waals surface area contributed by atoms with Gasteiger partial charge in [-0.2, -0.15) is 0 Å². The van der Waals surface area contributed by atoms with E-state index in [0.717, 1.165) is 38.3 Å². The number of primary sulfonamides is 1. The van der Waals surface area contributed by atoms with Crippen molar-refractivity contribution in [1.82, 2.24) is 9.80 Å². The van der Waals surface area contributed by atoms with Crippen LogP contribution in [0.15, 0.2) is 18.2 Å². The second-order valence-electron chi connectivity index (χ2n) is 6.25. The number of benzene rings is 1. The largest absolute Gasteiger partial charge is 0.586 e. The van der Waals surface area contributed by atoms with Gasteiger partial charge in [0, 0.05) is 39.3 Å². The monoisotopic (exact) mass is 377 g/mol. The molecule has 2 heterocycles. The molecule has 2 N–H and O–H groups in total. The molecule has 25 heavy (non-hydrogen) atoms. The van der Waals surface area contributed by atoms with E-state index >= 15 is 0 Å². The van der Waals surface area contributed by atoms with Gasteiger partial charge in [-0.1, -0.05) is 6.07 Å². The molecule has 0 aromatic heterocycles. The Balaban J connectivity index is 1.44. The molecule has 1 saturated heterocycles. The fraction of sp³-hybridized carbons (Fsp3) is 0.600. The van der Waals surface area contributed by atoms with Crippen LogP contribution in [-0.4, -0.2) is 69.5 Å². The summed E-state index contributed by atoms with van der Waals surface area (Å²) in [5.74, 6) is 0.0852. The van der Waals surface area contributed by atoms with Gasteiger partial charge < -0.3 is 14.4 Å². The second-order valence-corrected chi connectivity index (χ2v) is 7.98. The molecule has 0 radical (unpaired) electrons. The van der Waals surface area contributed by atoms with Crippen LogP contribution in [0.1, 0.15) is 5.56 Å². The topological polar surface area (TPSA) is 85.1 Å². The Bertz CT molecular complexity index is 721. The van der Waals surface area contributed by atoms with E-state index in [0.29, 0.717) is 13.0 Å². The molecular formula is C15H21F2N3O4S. The van der Waals surface area contributed by atoms with E-state index in [1.165, 1.54) is 6.07 Å². The Morgan fingerprint density at radius 2 is 1.64 bits per heavy atom. The van der Waals surface area contributed by atoms with Crippen molar-refractivity contribution in [3.8, 4) is 11.5 Å². The number of piperazine rings is 1. The quantitative estimate of drug-likeness (QED) is 0.775. The third kappa shape index (κ3) is 5.24. The number of halogens is 2. The van der Waals surface area contributed by atoms with Crippen LogP contribution in [0.4, 0.5) is 8.78 Å². The highest BCUT2D eigenvalue weighted by Gasteiger charge is 2.43. The average molecular weight is 377 g/mol. The number of hydrogen-bond donors (Lipinski definition) is 1. The molecule has 0 saturated carbocycles. The zero-order chi connectivity index (χ0) is 18.1. The molecular weight excluding hydrogens is 356 g/mol. The van der Waals surface area contributed by atoms with E-state index in [-0.39, 0.29) is 17.3 Å². The van der Waals surface area contributed by atoms with Crippen molar-refractivity contribution in [1.29, 1.82) is 0 Å². The van der Waals surface area contributed by atoms with Gasteiger partial charge in [0.05, 0.1) is 5.75 Å². The zero-order valence-corrected chi connectivity index (χ0v) is 14.5. The highest BCUT2D eigenvalue weighted by molar-refractivity contribution is 7.89. The van der Waals surface area contributed by atoms with Gasteiger partial charge in [-0.15, -0.1) is 8.78 Å². The summed E-state index contributed by atoms with van der Waals surface area (Å²) in [6, 6.07) is 4.83. The van der Waals surface area contributed by atoms with E-state index in [9.17, 15) is 17.2 Å². The van der Waals surface area contributed by atoms with E-state index in [1.54, 1.807) is 12.1 Å². The number of sulfonamides is 1. The Morgan fingerprint density at radius 1 is 1.04 bits per heavy atom. The first-order valence-corrected chi connectivity index (χ1v) is 9.76. The Kier molecular flexibility index (Phi) is 5.14. The average Bonchev–Trinajstić information content (AvgIpc) is 2.84. The first-order chi connectivity index (χ1) is 11.7. The number of hydrogen-bond acceptors (Lipinski definition) is 6. The highest BCUT2D eigenvalue weighted by atomic mass is 32.2. The lowest BCUT2D eigenvalue weighted by Gasteiger charge is -2.34. The molecule has 1 aromatic carbocycles. The predicted octanol–water partition coefficient (Wildman–Crippen LogP) is 0.457. The van der Waals surface area contributed by atoms with Crippen LogP contribution >= 0.6 is 0 Å². The minimum absolute atomic E-state index is 0.0329. The van der Waals surface area contributed by atoms with Crippen molar-refractivity contribution in [2.24, 2.45) is 5.14 Å². The Morgan fingerprint density at radius 3 is 2.28 bits per heavy atom. The fourth-order valence-corrected chi connectivity index (χ4v) is 3.44. The number of fused-ring (bicyclic) bond motifs is 1. The van der Waals surface area contributed by atoms with E-state index in [1.807, 2.05) is 0 Å². The smallest absolute Gasteiger partial charge is 0.395 e. The molecule has 0 unspecified atom stereocenters. The minimum Gasteiger partial charge on any atom is -0.395 e. The normalized spacial score (nSPS) is 20.8. The lowest BCUT2D eigenvalue weighted by atomic mass is 10.1. The first kappa shape index (κ1) is 18.3. The van der Waals surface area contributed by atoms with Gasteiger partial charge in [0.2, 0.25) is 10.0 Å². The molecule has 2 aliphatic rings. The fourth-order valence-electron chi connectivity index (χ4n) is 2.93. The molecule has 0 atom stereocenters. The van der Waals surface area contributed by atoms with Crippen molar-refractivity contribution >= 4 is 10.0 Å². The van der Waals surface area contributed by atoms with Crippen molar-refractivity contribution in [3.05, 3.63) is 23.8 Å². The van der Waals surface area contributed by atoms with Crippen LogP contribution in [-0.2, 0) is 16.4 Å². The van der Waals surface area contributed by atoms with Gasteiger partial charge in [0.25, 0.3) is 0 Å². The summed E-state index contributed by atoms with van der Waals surface area (Å²) in [5.41, 5.74) is 0.900. The van der Waals surface area contributed by atoms with Gasteiger partial charge in [-0.05, 0) is 24.1 Å². The molecule has 0 bridgehead atoms. The molecule has 0 amide bonds. The van der Waals surface area contributed by atoms with Crippen molar-refractivity contribution < 1.29 is 26.7 Å². The predicted molar refractivity (Wildman–Crippen MR) is 87.2 cm³/mol. The molecule has 1 aromatic rings. The number of nitrogens with two attached hydrogens (primary N) is 1. The van der Waals surface area contributed by atoms with Crippen molar-refractivity contribution in [2.45, 2.75) is 12.7 Å². The zero-order valence-electron chi connectivity index (χ0n) is 13.7. The molecule has 0 spiro atoms. The van der Waals surface area contributed by atoms with Crippen LogP contribution in [0.25, 0.3) is 0 Å². The number of alkyl halides is 2. The maximum Gasteiger partial charge on any atom is 0.586 e. The molecule has 140 valence electrons. The summed E-state index contributed by atoms with van der Waals surface area (Å²) in [6.45, 7) is 4.45. The summed E-state index contributed by atoms with van der Waals surface area (Å²) >= 11 is 0. The summed E-state index contributed by atoms with van der Waals surface area (Å²) < 4.78 is 56.9. The van der Waals surface area contributed by atoms with Crippen molar-refractivity contribution in [2.75, 3.05) is 45.0 Å². The summed E-state index contributed by atoms with van der Waals surface area (Å²) in [6.07, 6.45) is -2.88. The van der Waals surface area contributed by atoms with Gasteiger partial charge in [0.1, 0.15) is 0 Å². The maximum atomic E-state index is 13.0. The third-order valence-corrected chi connectivity index (χ3v) is 5.09. The van der Waals surface area contributed by atoms with Gasteiger partial charge in [-0.25, -0.2) is 13.6 Å². The van der Waals surface area contributed by atoms with Gasteiger partial charge in [0.15, 0.2) is 11.5 Å². The number of rotatable bonds is 6. The number of nitrogens with zero attached hydrogens (tertiary/aromatic N) is 2. The standard InChI is InChI=1S/C15H21F2N3O4S/c16-15(17)23-13-2-1-12(11-14(13)24-15)3-4-19-5-7-20(8-6-19)9-10-25(18,21)22/h1-2,11H,3-10H2,(H2,18,21,22). The molecule has 0 aliphatic carbocycles. The SMILES string of the molecule is NS(=O)(=O)CCN1CCN(CCc2ccc3c(c2)OC(F)(F)O3)CC1. The minimum atomic E-state index is -3.59. The van der Waals surface area contributed by atoms with E-state index in [4.69, 9.17) is 5.14 Å². The van der Waals surface area contributed by atoms with Crippen LogP contribution in [0, 0.1) is 0 Å².